The van der Waals surface area contributed by atoms with Crippen LogP contribution in [0.4, 0.5) is 0 Å². The predicted molar refractivity (Wildman–Crippen MR) is 194 cm³/mol. The fourth-order valence-corrected chi connectivity index (χ4v) is 5.32. The zero-order chi connectivity index (χ0) is 35.7. The Labute approximate surface area is 293 Å². The second kappa shape index (κ2) is 31.8. The van der Waals surface area contributed by atoms with Gasteiger partial charge < -0.3 is 28.6 Å². The number of ether oxygens (including phenoxy) is 3. The third kappa shape index (κ3) is 29.7. The van der Waals surface area contributed by atoms with Gasteiger partial charge in [0.1, 0.15) is 12.6 Å². The highest BCUT2D eigenvalue weighted by Gasteiger charge is 2.25. The lowest BCUT2D eigenvalue weighted by atomic mass is 10.1. The normalized spacial score (nSPS) is 13.4. The summed E-state index contributed by atoms with van der Waals surface area (Å²) in [4.78, 5) is 36.5. The largest absolute Gasteiger partial charge is 0.544 e. The van der Waals surface area contributed by atoms with Crippen LogP contribution in [0.25, 0.3) is 0 Å². The van der Waals surface area contributed by atoms with Crippen molar-refractivity contribution in [2.45, 2.75) is 161 Å². The number of carboxylic acids is 1. The predicted octanol–water partition coefficient (Wildman–Crippen LogP) is 8.18. The van der Waals surface area contributed by atoms with Crippen LogP contribution in [0, 0.1) is 0 Å². The van der Waals surface area contributed by atoms with Crippen molar-refractivity contribution in [2.75, 3.05) is 41.0 Å². The van der Waals surface area contributed by atoms with Gasteiger partial charge in [-0.3, -0.25) is 9.59 Å². The van der Waals surface area contributed by atoms with Gasteiger partial charge in [0, 0.05) is 19.3 Å². The van der Waals surface area contributed by atoms with E-state index in [0.717, 1.165) is 70.6 Å². The van der Waals surface area contributed by atoms with E-state index in [1.54, 1.807) is 21.1 Å². The van der Waals surface area contributed by atoms with Gasteiger partial charge in [0.15, 0.2) is 6.10 Å². The maximum absolute atomic E-state index is 12.6. The highest BCUT2D eigenvalue weighted by molar-refractivity contribution is 5.70. The van der Waals surface area contributed by atoms with Crippen molar-refractivity contribution in [1.29, 1.82) is 0 Å². The van der Waals surface area contributed by atoms with E-state index in [1.165, 1.54) is 44.9 Å². The van der Waals surface area contributed by atoms with E-state index in [0.29, 0.717) is 12.8 Å². The Morgan fingerprint density at radius 2 is 1.17 bits per heavy atom. The summed E-state index contributed by atoms with van der Waals surface area (Å²) in [6.07, 6.45) is 33.2. The van der Waals surface area contributed by atoms with Crippen LogP contribution in [0.1, 0.15) is 149 Å². The minimum Gasteiger partial charge on any atom is -0.544 e. The lowest BCUT2D eigenvalue weighted by molar-refractivity contribution is -0.889. The number of carboxylic acid groups (broad SMARTS) is 1. The van der Waals surface area contributed by atoms with Crippen molar-refractivity contribution in [3.8, 4) is 0 Å². The van der Waals surface area contributed by atoms with Gasteiger partial charge in [-0.15, -0.1) is 0 Å². The fourth-order valence-electron chi connectivity index (χ4n) is 5.32. The van der Waals surface area contributed by atoms with Crippen LogP contribution in [0.2, 0.25) is 0 Å². The van der Waals surface area contributed by atoms with E-state index in [2.05, 4.69) is 50.3 Å². The molecular weight excluding hydrogens is 606 g/mol. The van der Waals surface area contributed by atoms with Crippen molar-refractivity contribution in [3.63, 3.8) is 0 Å². The summed E-state index contributed by atoms with van der Waals surface area (Å²) in [5.41, 5.74) is 0. The highest BCUT2D eigenvalue weighted by Crippen LogP contribution is 2.13. The molecule has 0 amide bonds. The minimum atomic E-state index is -1.13. The van der Waals surface area contributed by atoms with E-state index in [9.17, 15) is 19.5 Å². The van der Waals surface area contributed by atoms with E-state index >= 15 is 0 Å². The van der Waals surface area contributed by atoms with Crippen molar-refractivity contribution in [3.05, 3.63) is 36.5 Å². The zero-order valence-electron chi connectivity index (χ0n) is 31.4. The van der Waals surface area contributed by atoms with Gasteiger partial charge in [-0.2, -0.15) is 0 Å². The molecule has 0 aliphatic rings. The van der Waals surface area contributed by atoms with Gasteiger partial charge in [0.2, 0.25) is 0 Å². The number of unbranched alkanes of at least 4 members (excludes halogenated alkanes) is 13. The molecule has 0 heterocycles. The minimum absolute atomic E-state index is 0.0376. The molecule has 0 rings (SSSR count). The first-order valence-corrected chi connectivity index (χ1v) is 19.0. The molecule has 0 radical (unpaired) electrons. The quantitative estimate of drug-likeness (QED) is 0.0299. The third-order valence-electron chi connectivity index (χ3n) is 8.29. The maximum atomic E-state index is 12.6. The smallest absolute Gasteiger partial charge is 0.306 e. The fraction of sp³-hybridized carbons (Fsp3) is 0.775. The van der Waals surface area contributed by atoms with Crippen LogP contribution in [-0.4, -0.2) is 75.5 Å². The summed E-state index contributed by atoms with van der Waals surface area (Å²) in [5, 5.41) is 11.6. The van der Waals surface area contributed by atoms with Crippen molar-refractivity contribution < 1.29 is 38.2 Å². The molecule has 0 N–H and O–H groups in total. The number of likely N-dealkylation sites (N-methyl/N-ethyl adjacent to an activating group) is 1. The molecule has 8 heteroatoms. The van der Waals surface area contributed by atoms with Crippen LogP contribution < -0.4 is 5.11 Å². The first-order valence-electron chi connectivity index (χ1n) is 19.0. The number of hydrogen-bond donors (Lipinski definition) is 0. The van der Waals surface area contributed by atoms with Gasteiger partial charge in [0.25, 0.3) is 0 Å². The second-order valence-corrected chi connectivity index (χ2v) is 13.8. The molecular formula is C40H71NO7. The summed E-state index contributed by atoms with van der Waals surface area (Å²) in [5.74, 6) is -1.76. The Bertz CT molecular complexity index is 891. The Kier molecular flexibility index (Phi) is 30.2. The number of allylic oxidation sites excluding steroid dienone is 6. The van der Waals surface area contributed by atoms with E-state index in [1.807, 2.05) is 0 Å². The topological polar surface area (TPSA) is 102 Å². The first-order chi connectivity index (χ1) is 23.1. The van der Waals surface area contributed by atoms with Gasteiger partial charge >= 0.3 is 11.9 Å². The molecule has 2 unspecified atom stereocenters. The summed E-state index contributed by atoms with van der Waals surface area (Å²) in [6, 6.07) is -0.724. The molecule has 278 valence electrons. The number of hydrogen-bond acceptors (Lipinski definition) is 7. The number of esters is 2. The zero-order valence-corrected chi connectivity index (χ0v) is 31.4. The summed E-state index contributed by atoms with van der Waals surface area (Å²) in [6.45, 7) is 4.48. The third-order valence-corrected chi connectivity index (χ3v) is 8.29. The number of nitrogens with zero attached hydrogens (tertiary/aromatic N) is 1. The van der Waals surface area contributed by atoms with Crippen LogP contribution in [-0.2, 0) is 28.6 Å². The molecule has 0 aliphatic carbocycles. The molecule has 0 aliphatic heterocycles. The van der Waals surface area contributed by atoms with Crippen LogP contribution in [0.5, 0.6) is 0 Å². The lowest BCUT2D eigenvalue weighted by Gasteiger charge is -2.34. The number of quaternary nitrogens is 1. The Morgan fingerprint density at radius 1 is 0.646 bits per heavy atom. The molecule has 48 heavy (non-hydrogen) atoms. The maximum Gasteiger partial charge on any atom is 0.306 e. The molecule has 0 saturated heterocycles. The Balaban J connectivity index is 4.36. The number of aliphatic carboxylic acids is 1. The van der Waals surface area contributed by atoms with E-state index in [4.69, 9.17) is 14.2 Å². The van der Waals surface area contributed by atoms with Crippen molar-refractivity contribution in [1.82, 2.24) is 0 Å². The van der Waals surface area contributed by atoms with Crippen molar-refractivity contribution >= 4 is 17.9 Å². The molecule has 0 aromatic heterocycles. The van der Waals surface area contributed by atoms with Gasteiger partial charge in [-0.1, -0.05) is 121 Å². The van der Waals surface area contributed by atoms with Crippen LogP contribution in [0.3, 0.4) is 0 Å². The number of rotatable bonds is 33. The Hall–Kier alpha value is -2.45. The second-order valence-electron chi connectivity index (χ2n) is 13.8. The van der Waals surface area contributed by atoms with Gasteiger partial charge in [-0.25, -0.2) is 0 Å². The summed E-state index contributed by atoms with van der Waals surface area (Å²) in [7, 11) is 5.39. The van der Waals surface area contributed by atoms with Gasteiger partial charge in [-0.05, 0) is 44.9 Å². The SMILES string of the molecule is CC/C=C\C/C=C\C/C=C\CCCCCCCCCC(=O)OC(COCCC(C(=O)[O-])[N+](C)(C)C)COC(=O)CCCCCCCCC. The van der Waals surface area contributed by atoms with Gasteiger partial charge in [0.05, 0.1) is 40.3 Å². The number of carbonyl (C=O) groups excluding carboxylic acids is 3. The average Bonchev–Trinajstić information content (AvgIpc) is 3.03. The molecule has 2 atom stereocenters. The van der Waals surface area contributed by atoms with Crippen molar-refractivity contribution in [2.24, 2.45) is 0 Å². The standard InChI is InChI=1S/C40H71NO7/c1-6-8-10-12-14-15-16-17-18-19-20-21-22-23-25-27-29-31-39(43)48-36(34-46-33-32-37(40(44)45)41(3,4)5)35-47-38(42)30-28-26-24-13-11-9-7-2/h8,10,14-15,17-18,36-37H,6-7,9,11-13,16,19-35H2,1-5H3/b10-8-,15-14-,18-17-. The molecule has 0 aromatic rings. The Morgan fingerprint density at radius 3 is 1.73 bits per heavy atom. The number of carbonyl (C=O) groups is 3. The lowest BCUT2D eigenvalue weighted by Crippen LogP contribution is -2.55. The molecule has 8 nitrogen and oxygen atoms in total. The molecule has 0 aromatic carbocycles. The summed E-state index contributed by atoms with van der Waals surface area (Å²) < 4.78 is 17.0. The van der Waals surface area contributed by atoms with E-state index in [-0.39, 0.29) is 42.7 Å². The molecule has 0 bridgehead atoms. The summed E-state index contributed by atoms with van der Waals surface area (Å²) >= 11 is 0. The average molecular weight is 678 g/mol. The van der Waals surface area contributed by atoms with Crippen LogP contribution >= 0.6 is 0 Å². The molecule has 0 fully saturated rings. The first kappa shape index (κ1) is 45.6. The highest BCUT2D eigenvalue weighted by atomic mass is 16.6. The molecule has 0 spiro atoms. The molecule has 0 saturated carbocycles. The van der Waals surface area contributed by atoms with E-state index < -0.39 is 18.1 Å². The van der Waals surface area contributed by atoms with Crippen LogP contribution in [0.15, 0.2) is 36.5 Å². The monoisotopic (exact) mass is 678 g/mol.